The molecule has 0 spiro atoms. The standard InChI is InChI=1S/BrH.Ca.Pb.Ti/h1H;;;. The molecule has 4 heavy (non-hydrogen) atoms. The maximum absolute atomic E-state index is 0. The maximum atomic E-state index is 0. The van der Waals surface area contributed by atoms with E-state index in [0.717, 1.165) is 0 Å². The van der Waals surface area contributed by atoms with Gasteiger partial charge in [-0.3, -0.25) is 0 Å². The smallest absolute Gasteiger partial charge is 0 e. The van der Waals surface area contributed by atoms with Gasteiger partial charge in [-0.15, -0.1) is 17.0 Å². The van der Waals surface area contributed by atoms with Gasteiger partial charge in [0, 0.05) is 86.8 Å². The summed E-state index contributed by atoms with van der Waals surface area (Å²) in [5.41, 5.74) is 0. The average molecular weight is 376 g/mol. The molecule has 0 heterocycles. The van der Waals surface area contributed by atoms with Gasteiger partial charge >= 0.3 is 0 Å². The van der Waals surface area contributed by atoms with Crippen molar-refractivity contribution in [2.45, 2.75) is 0 Å². The van der Waals surface area contributed by atoms with Crippen molar-refractivity contribution in [3.8, 4) is 0 Å². The van der Waals surface area contributed by atoms with E-state index < -0.39 is 0 Å². The SMILES string of the molecule is Br.[Ca].[Pb].[Ti]. The normalized spacial score (nSPS) is 0. The molecule has 0 aromatic heterocycles. The van der Waals surface area contributed by atoms with Crippen LogP contribution in [-0.2, 0) is 21.7 Å². The van der Waals surface area contributed by atoms with Crippen LogP contribution in [0.5, 0.6) is 0 Å². The first-order valence-electron chi connectivity index (χ1n) is 0. The van der Waals surface area contributed by atoms with Crippen LogP contribution in [0.3, 0.4) is 0 Å². The second-order valence-electron chi connectivity index (χ2n) is 0. The molecule has 18 valence electrons. The van der Waals surface area contributed by atoms with Crippen LogP contribution in [0.2, 0.25) is 0 Å². The number of halogens is 1. The van der Waals surface area contributed by atoms with Crippen molar-refractivity contribution >= 4 is 82.0 Å². The van der Waals surface area contributed by atoms with E-state index in [4.69, 9.17) is 0 Å². The summed E-state index contributed by atoms with van der Waals surface area (Å²) < 4.78 is 0. The van der Waals surface area contributed by atoms with Crippen molar-refractivity contribution in [1.29, 1.82) is 0 Å². The summed E-state index contributed by atoms with van der Waals surface area (Å²) in [7, 11) is 0. The zero-order chi connectivity index (χ0) is 0. The summed E-state index contributed by atoms with van der Waals surface area (Å²) in [6.45, 7) is 0. The molecule has 0 saturated heterocycles. The Morgan fingerprint density at radius 1 is 1.00 bits per heavy atom. The van der Waals surface area contributed by atoms with Gasteiger partial charge in [0.2, 0.25) is 0 Å². The molecule has 4 heteroatoms. The minimum atomic E-state index is 0. The minimum absolute atomic E-state index is 0. The predicted octanol–water partition coefficient (Wildman–Crippen LogP) is -0.186. The maximum Gasteiger partial charge on any atom is 0 e. The second-order valence-corrected chi connectivity index (χ2v) is 0. The van der Waals surface area contributed by atoms with Crippen molar-refractivity contribution in [3.63, 3.8) is 0 Å². The Labute approximate surface area is 101 Å². The van der Waals surface area contributed by atoms with E-state index >= 15 is 0 Å². The quantitative estimate of drug-likeness (QED) is 0.515. The molecule has 0 nitrogen and oxygen atoms in total. The van der Waals surface area contributed by atoms with Gasteiger partial charge in [-0.05, 0) is 0 Å². The zero-order valence-electron chi connectivity index (χ0n) is 2.12. The van der Waals surface area contributed by atoms with Gasteiger partial charge in [0.05, 0.1) is 0 Å². The number of rotatable bonds is 0. The van der Waals surface area contributed by atoms with Crippen molar-refractivity contribution < 1.29 is 21.7 Å². The Morgan fingerprint density at radius 2 is 1.00 bits per heavy atom. The molecule has 0 amide bonds. The molecule has 0 unspecified atom stereocenters. The molecule has 0 aliphatic heterocycles. The minimum Gasteiger partial charge on any atom is -0.114 e. The predicted molar refractivity (Wildman–Crippen MR) is 21.8 cm³/mol. The summed E-state index contributed by atoms with van der Waals surface area (Å²) in [5.74, 6) is 0. The van der Waals surface area contributed by atoms with Gasteiger partial charge in [0.15, 0.2) is 0 Å². The molecule has 0 atom stereocenters. The van der Waals surface area contributed by atoms with E-state index in [9.17, 15) is 0 Å². The topological polar surface area (TPSA) is 0 Å². The summed E-state index contributed by atoms with van der Waals surface area (Å²) >= 11 is 0. The summed E-state index contributed by atoms with van der Waals surface area (Å²) in [6.07, 6.45) is 0. The monoisotopic (exact) mass is 376 g/mol. The Hall–Kier alpha value is 3.38. The summed E-state index contributed by atoms with van der Waals surface area (Å²) in [5, 5.41) is 0. The molecule has 0 aromatic rings. The van der Waals surface area contributed by atoms with Crippen molar-refractivity contribution in [3.05, 3.63) is 0 Å². The molecule has 0 bridgehead atoms. The Morgan fingerprint density at radius 3 is 1.00 bits per heavy atom. The number of hydrogen-bond donors (Lipinski definition) is 0. The van der Waals surface area contributed by atoms with Crippen LogP contribution in [0.1, 0.15) is 0 Å². The molecule has 6 radical (unpaired) electrons. The summed E-state index contributed by atoms with van der Waals surface area (Å²) in [6, 6.07) is 0. The van der Waals surface area contributed by atoms with Crippen LogP contribution in [0.15, 0.2) is 0 Å². The van der Waals surface area contributed by atoms with Crippen molar-refractivity contribution in [2.24, 2.45) is 0 Å². The molecule has 0 saturated carbocycles. The van der Waals surface area contributed by atoms with Gasteiger partial charge in [-0.2, -0.15) is 0 Å². The molecule has 0 rings (SSSR count). The van der Waals surface area contributed by atoms with Crippen molar-refractivity contribution in [2.75, 3.05) is 0 Å². The van der Waals surface area contributed by atoms with E-state index in [1.807, 2.05) is 0 Å². The van der Waals surface area contributed by atoms with Crippen LogP contribution in [0, 0.1) is 0 Å². The first-order chi connectivity index (χ1) is 0. The third kappa shape index (κ3) is 9.03. The van der Waals surface area contributed by atoms with Crippen molar-refractivity contribution in [1.82, 2.24) is 0 Å². The number of hydrogen-bond acceptors (Lipinski definition) is 0. The van der Waals surface area contributed by atoms with Crippen LogP contribution >= 0.6 is 17.0 Å². The molecule has 0 aliphatic carbocycles. The fourth-order valence-electron chi connectivity index (χ4n) is 0. The average Bonchev–Trinajstić information content (AvgIpc) is 0. The first-order valence-corrected chi connectivity index (χ1v) is 0. The first kappa shape index (κ1) is 26.3. The molecular formula is HBrCaPbTi. The molecule has 0 aromatic carbocycles. The van der Waals surface area contributed by atoms with Gasteiger partial charge in [-0.1, -0.05) is 0 Å². The largest absolute Gasteiger partial charge is 0.114 e. The van der Waals surface area contributed by atoms with Crippen LogP contribution in [0.4, 0.5) is 0 Å². The Balaban J connectivity index is 0. The third-order valence-corrected chi connectivity index (χ3v) is 0. The van der Waals surface area contributed by atoms with E-state index in [-0.39, 0.29) is 104 Å². The fraction of sp³-hybridized carbons (Fsp3) is 0. The Kier molecular flexibility index (Phi) is 106. The molecule has 0 aliphatic rings. The second kappa shape index (κ2) is 16.2. The fourth-order valence-corrected chi connectivity index (χ4v) is 0. The molecule has 0 N–H and O–H groups in total. The summed E-state index contributed by atoms with van der Waals surface area (Å²) in [4.78, 5) is 0. The van der Waals surface area contributed by atoms with E-state index in [2.05, 4.69) is 0 Å². The van der Waals surface area contributed by atoms with Gasteiger partial charge < -0.3 is 0 Å². The molecular weight excluding hydrogens is 375 g/mol. The zero-order valence-corrected chi connectivity index (χ0v) is 11.5. The van der Waals surface area contributed by atoms with Crippen LogP contribution < -0.4 is 0 Å². The van der Waals surface area contributed by atoms with Crippen LogP contribution in [-0.4, -0.2) is 65.0 Å². The van der Waals surface area contributed by atoms with E-state index in [0.29, 0.717) is 0 Å². The third-order valence-electron chi connectivity index (χ3n) is 0. The Bertz CT molecular complexity index is 8.00. The van der Waals surface area contributed by atoms with E-state index in [1.54, 1.807) is 0 Å². The molecule has 0 fully saturated rings. The van der Waals surface area contributed by atoms with Gasteiger partial charge in [0.25, 0.3) is 0 Å². The van der Waals surface area contributed by atoms with Crippen LogP contribution in [0.25, 0.3) is 0 Å². The van der Waals surface area contributed by atoms with Gasteiger partial charge in [0.1, 0.15) is 0 Å². The van der Waals surface area contributed by atoms with Gasteiger partial charge in [-0.25, -0.2) is 0 Å². The van der Waals surface area contributed by atoms with E-state index in [1.165, 1.54) is 0 Å².